The number of furan rings is 1. The highest BCUT2D eigenvalue weighted by atomic mass is 35.5. The van der Waals surface area contributed by atoms with Gasteiger partial charge in [-0.1, -0.05) is 29.5 Å². The number of nitrogens with one attached hydrogen (secondary N) is 1. The van der Waals surface area contributed by atoms with E-state index in [1.807, 2.05) is 0 Å². The highest BCUT2D eigenvalue weighted by molar-refractivity contribution is 6.46. The normalized spacial score (nSPS) is 22.1. The van der Waals surface area contributed by atoms with E-state index in [1.54, 1.807) is 43.3 Å². The van der Waals surface area contributed by atoms with Crippen molar-refractivity contribution >= 4 is 29.1 Å². The zero-order valence-corrected chi connectivity index (χ0v) is 17.4. The molecular weight excluding hydrogens is 408 g/mol. The number of ketones is 1. The lowest BCUT2D eigenvalue weighted by Crippen LogP contribution is -3.14. The van der Waals surface area contributed by atoms with Gasteiger partial charge in [0.25, 0.3) is 5.91 Å². The number of aryl methyl sites for hydroxylation is 1. The molecule has 1 amide bonds. The molecule has 0 radical (unpaired) electrons. The molecule has 2 aromatic rings. The third-order valence-electron chi connectivity index (χ3n) is 5.57. The zero-order chi connectivity index (χ0) is 21.3. The number of carbonyl (C=O) groups is 2. The van der Waals surface area contributed by atoms with Crippen LogP contribution in [0.5, 0.6) is 0 Å². The van der Waals surface area contributed by atoms with Crippen LogP contribution in [0, 0.1) is 6.92 Å². The van der Waals surface area contributed by atoms with E-state index >= 15 is 0 Å². The van der Waals surface area contributed by atoms with Gasteiger partial charge in [0.1, 0.15) is 30.7 Å². The first kappa shape index (κ1) is 20.7. The van der Waals surface area contributed by atoms with E-state index in [1.165, 1.54) is 9.80 Å². The number of halogens is 1. The van der Waals surface area contributed by atoms with Gasteiger partial charge in [0, 0.05) is 10.6 Å². The molecule has 3 heterocycles. The van der Waals surface area contributed by atoms with Gasteiger partial charge in [0.05, 0.1) is 26.3 Å². The van der Waals surface area contributed by atoms with E-state index in [0.29, 0.717) is 48.4 Å². The second-order valence-corrected chi connectivity index (χ2v) is 7.98. The van der Waals surface area contributed by atoms with Crippen molar-refractivity contribution < 1.29 is 28.7 Å². The number of ether oxygens (including phenoxy) is 1. The molecule has 1 aromatic heterocycles. The van der Waals surface area contributed by atoms with Crippen LogP contribution in [0.25, 0.3) is 5.76 Å². The first-order valence-electron chi connectivity index (χ1n) is 9.96. The predicted octanol–water partition coefficient (Wildman–Crippen LogP) is 0.381. The van der Waals surface area contributed by atoms with E-state index in [2.05, 4.69) is 0 Å². The van der Waals surface area contributed by atoms with E-state index in [-0.39, 0.29) is 5.57 Å². The van der Waals surface area contributed by atoms with Crippen molar-refractivity contribution in [2.75, 3.05) is 39.4 Å². The van der Waals surface area contributed by atoms with Crippen molar-refractivity contribution in [3.8, 4) is 0 Å². The van der Waals surface area contributed by atoms with E-state index in [4.69, 9.17) is 20.8 Å². The van der Waals surface area contributed by atoms with Gasteiger partial charge in [-0.25, -0.2) is 0 Å². The standard InChI is InChI=1S/C22H23ClN2O5/c1-14-2-7-17(30-14)19-18(20(26)15-3-5-16(23)6-4-15)21(27)22(28)25(19)9-8-24-10-12-29-13-11-24/h2-7,19,26H,8-13H2,1H3. The molecule has 7 nitrogen and oxygen atoms in total. The summed E-state index contributed by atoms with van der Waals surface area (Å²) >= 11 is 5.92. The van der Waals surface area contributed by atoms with Gasteiger partial charge >= 0.3 is 0 Å². The van der Waals surface area contributed by atoms with Crippen LogP contribution in [-0.4, -0.2) is 56.0 Å². The maximum atomic E-state index is 13.2. The molecule has 2 saturated heterocycles. The molecule has 1 atom stereocenters. The van der Waals surface area contributed by atoms with Gasteiger partial charge in [-0.3, -0.25) is 9.59 Å². The number of benzene rings is 1. The average molecular weight is 431 g/mol. The fourth-order valence-electron chi connectivity index (χ4n) is 3.94. The largest absolute Gasteiger partial charge is 0.872 e. The number of quaternary nitrogens is 1. The number of carbonyl (C=O) groups excluding carboxylic acids is 2. The molecule has 2 aliphatic rings. The van der Waals surface area contributed by atoms with E-state index in [0.717, 1.165) is 13.1 Å². The second-order valence-electron chi connectivity index (χ2n) is 7.54. The van der Waals surface area contributed by atoms with Crippen LogP contribution >= 0.6 is 11.6 Å². The fraction of sp³-hybridized carbons (Fsp3) is 0.364. The quantitative estimate of drug-likeness (QED) is 0.421. The number of amides is 1. The Balaban J connectivity index is 1.70. The van der Waals surface area contributed by atoms with Gasteiger partial charge in [0.2, 0.25) is 5.78 Å². The third-order valence-corrected chi connectivity index (χ3v) is 5.82. The molecule has 1 aromatic carbocycles. The Morgan fingerprint density at radius 3 is 2.50 bits per heavy atom. The minimum absolute atomic E-state index is 0.0753. The van der Waals surface area contributed by atoms with Crippen LogP contribution in [0.3, 0.4) is 0 Å². The first-order chi connectivity index (χ1) is 14.5. The number of Topliss-reactive ketones (excluding diaryl/α,β-unsaturated/α-hetero) is 1. The van der Waals surface area contributed by atoms with Gasteiger partial charge in [-0.2, -0.15) is 0 Å². The Bertz CT molecular complexity index is 976. The lowest BCUT2D eigenvalue weighted by Gasteiger charge is -2.29. The van der Waals surface area contributed by atoms with E-state index < -0.39 is 23.5 Å². The molecule has 0 spiro atoms. The molecule has 0 aliphatic carbocycles. The number of rotatable bonds is 5. The average Bonchev–Trinajstić information content (AvgIpc) is 3.28. The minimum atomic E-state index is -0.831. The molecule has 158 valence electrons. The van der Waals surface area contributed by atoms with Crippen LogP contribution in [0.2, 0.25) is 5.02 Å². The Morgan fingerprint density at radius 2 is 1.87 bits per heavy atom. The van der Waals surface area contributed by atoms with Crippen LogP contribution in [0.1, 0.15) is 23.1 Å². The fourth-order valence-corrected chi connectivity index (χ4v) is 4.07. The lowest BCUT2D eigenvalue weighted by molar-refractivity contribution is -0.907. The van der Waals surface area contributed by atoms with Gasteiger partial charge in [-0.05, 0) is 36.8 Å². The zero-order valence-electron chi connectivity index (χ0n) is 16.7. The Hall–Kier alpha value is -2.61. The van der Waals surface area contributed by atoms with Crippen molar-refractivity contribution in [3.05, 3.63) is 64.1 Å². The Labute approximate surface area is 179 Å². The summed E-state index contributed by atoms with van der Waals surface area (Å²) in [6.07, 6.45) is 0. The minimum Gasteiger partial charge on any atom is -0.872 e. The molecule has 8 heteroatoms. The SMILES string of the molecule is Cc1ccc(C2C(=C([O-])c3ccc(Cl)cc3)C(=O)C(=O)N2CC[NH+]2CCOCC2)o1. The molecule has 0 bridgehead atoms. The molecule has 30 heavy (non-hydrogen) atoms. The third kappa shape index (κ3) is 4.01. The summed E-state index contributed by atoms with van der Waals surface area (Å²) in [4.78, 5) is 28.5. The smallest absolute Gasteiger partial charge is 0.295 e. The summed E-state index contributed by atoms with van der Waals surface area (Å²) in [5.41, 5.74) is 0.234. The van der Waals surface area contributed by atoms with Crippen LogP contribution in [0.15, 0.2) is 46.4 Å². The highest BCUT2D eigenvalue weighted by Gasteiger charge is 2.46. The number of hydrogen-bond acceptors (Lipinski definition) is 5. The highest BCUT2D eigenvalue weighted by Crippen LogP contribution is 2.39. The maximum absolute atomic E-state index is 13.2. The molecule has 1 N–H and O–H groups in total. The predicted molar refractivity (Wildman–Crippen MR) is 108 cm³/mol. The summed E-state index contributed by atoms with van der Waals surface area (Å²) in [5, 5.41) is 13.7. The lowest BCUT2D eigenvalue weighted by atomic mass is 9.99. The van der Waals surface area contributed by atoms with Gasteiger partial charge in [0.15, 0.2) is 0 Å². The van der Waals surface area contributed by atoms with E-state index in [9.17, 15) is 14.7 Å². The molecule has 2 fully saturated rings. The van der Waals surface area contributed by atoms with Gasteiger partial charge in [-0.15, -0.1) is 0 Å². The maximum Gasteiger partial charge on any atom is 0.295 e. The number of hydrogen-bond donors (Lipinski definition) is 1. The van der Waals surface area contributed by atoms with Crippen molar-refractivity contribution in [2.24, 2.45) is 0 Å². The van der Waals surface area contributed by atoms with Crippen molar-refractivity contribution in [2.45, 2.75) is 13.0 Å². The van der Waals surface area contributed by atoms with Crippen molar-refractivity contribution in [3.63, 3.8) is 0 Å². The first-order valence-corrected chi connectivity index (χ1v) is 10.3. The number of likely N-dealkylation sites (tertiary alicyclic amines) is 1. The van der Waals surface area contributed by atoms with Crippen LogP contribution in [-0.2, 0) is 14.3 Å². The monoisotopic (exact) mass is 430 g/mol. The second kappa shape index (κ2) is 8.63. The Kier molecular flexibility index (Phi) is 5.94. The molecule has 0 saturated carbocycles. The summed E-state index contributed by atoms with van der Waals surface area (Å²) in [6.45, 7) is 5.85. The molecule has 4 rings (SSSR count). The number of morpholine rings is 1. The molecule has 2 aliphatic heterocycles. The van der Waals surface area contributed by atoms with Crippen LogP contribution in [0.4, 0.5) is 0 Å². The summed E-state index contributed by atoms with van der Waals surface area (Å²) in [6, 6.07) is 8.93. The molecule has 1 unspecified atom stereocenters. The Morgan fingerprint density at radius 1 is 1.17 bits per heavy atom. The van der Waals surface area contributed by atoms with Gasteiger partial charge < -0.3 is 24.1 Å². The molecular formula is C22H23ClN2O5. The van der Waals surface area contributed by atoms with Crippen molar-refractivity contribution in [1.82, 2.24) is 4.90 Å². The summed E-state index contributed by atoms with van der Waals surface area (Å²) in [7, 11) is 0. The number of nitrogens with zero attached hydrogens (tertiary/aromatic N) is 1. The van der Waals surface area contributed by atoms with Crippen molar-refractivity contribution in [1.29, 1.82) is 0 Å². The topological polar surface area (TPSA) is 87.2 Å². The summed E-state index contributed by atoms with van der Waals surface area (Å²) in [5.74, 6) is -0.856. The van der Waals surface area contributed by atoms with Crippen LogP contribution < -0.4 is 10.0 Å². The summed E-state index contributed by atoms with van der Waals surface area (Å²) < 4.78 is 11.1.